The van der Waals surface area contributed by atoms with Crippen molar-refractivity contribution in [2.24, 2.45) is 0 Å². The zero-order valence-corrected chi connectivity index (χ0v) is 11.0. The Kier molecular flexibility index (Phi) is 2.19. The number of aliphatic hydroxyl groups is 2. The number of rotatable bonds is 0. The average molecular weight is 284 g/mol. The SMILES string of the molecule is O=C1C=C2C[C@@]3(O)COc4cc(O)ccc4C3=C2C=C1O. The molecule has 1 atom stereocenters. The Morgan fingerprint density at radius 2 is 2.00 bits per heavy atom. The molecule has 1 aromatic rings. The van der Waals surface area contributed by atoms with Gasteiger partial charge < -0.3 is 20.1 Å². The number of phenolic OH excluding ortho intramolecular Hbond substituents is 1. The molecule has 3 N–H and O–H groups in total. The Balaban J connectivity index is 2.01. The molecule has 0 aromatic heterocycles. The molecule has 2 aliphatic carbocycles. The predicted octanol–water partition coefficient (Wildman–Crippen LogP) is 1.62. The van der Waals surface area contributed by atoms with Crippen molar-refractivity contribution in [3.05, 3.63) is 52.8 Å². The molecule has 106 valence electrons. The normalized spacial score (nSPS) is 26.4. The number of ether oxygens (including phenoxy) is 1. The summed E-state index contributed by atoms with van der Waals surface area (Å²) in [6, 6.07) is 4.67. The summed E-state index contributed by atoms with van der Waals surface area (Å²) in [5, 5.41) is 30.0. The molecule has 0 amide bonds. The third-order valence-corrected chi connectivity index (χ3v) is 4.10. The Morgan fingerprint density at radius 3 is 2.81 bits per heavy atom. The smallest absolute Gasteiger partial charge is 0.220 e. The molecule has 0 fully saturated rings. The van der Waals surface area contributed by atoms with E-state index in [1.165, 1.54) is 24.3 Å². The molecule has 0 unspecified atom stereocenters. The van der Waals surface area contributed by atoms with Gasteiger partial charge in [-0.15, -0.1) is 0 Å². The highest BCUT2D eigenvalue weighted by Gasteiger charge is 2.47. The number of hydrogen-bond acceptors (Lipinski definition) is 5. The third-order valence-electron chi connectivity index (χ3n) is 4.10. The Hall–Kier alpha value is -2.53. The topological polar surface area (TPSA) is 87.0 Å². The number of allylic oxidation sites excluding steroid dienone is 3. The Labute approximate surface area is 120 Å². The molecular weight excluding hydrogens is 272 g/mol. The van der Waals surface area contributed by atoms with E-state index in [2.05, 4.69) is 0 Å². The number of ketones is 1. The summed E-state index contributed by atoms with van der Waals surface area (Å²) in [6.45, 7) is 0.0441. The highest BCUT2D eigenvalue weighted by molar-refractivity contribution is 6.07. The molecule has 5 nitrogen and oxygen atoms in total. The average Bonchev–Trinajstić information content (AvgIpc) is 2.71. The minimum absolute atomic E-state index is 0.0441. The minimum Gasteiger partial charge on any atom is -0.508 e. The van der Waals surface area contributed by atoms with Crippen LogP contribution in [-0.2, 0) is 4.79 Å². The molecule has 3 aliphatic rings. The highest BCUT2D eigenvalue weighted by Crippen LogP contribution is 2.52. The number of aromatic hydroxyl groups is 1. The molecule has 1 aliphatic heterocycles. The van der Waals surface area contributed by atoms with Gasteiger partial charge in [0.05, 0.1) is 0 Å². The number of fused-ring (bicyclic) bond motifs is 4. The molecule has 0 bridgehead atoms. The molecule has 0 radical (unpaired) electrons. The Morgan fingerprint density at radius 1 is 1.19 bits per heavy atom. The zero-order valence-electron chi connectivity index (χ0n) is 11.0. The van der Waals surface area contributed by atoms with Crippen LogP contribution in [0, 0.1) is 0 Å². The van der Waals surface area contributed by atoms with Crippen LogP contribution in [-0.4, -0.2) is 33.3 Å². The first-order valence-corrected chi connectivity index (χ1v) is 6.57. The van der Waals surface area contributed by atoms with E-state index in [4.69, 9.17) is 4.74 Å². The summed E-state index contributed by atoms with van der Waals surface area (Å²) >= 11 is 0. The molecular formula is C16H12O5. The second-order valence-electron chi connectivity index (χ2n) is 5.53. The van der Waals surface area contributed by atoms with Crippen molar-refractivity contribution in [2.75, 3.05) is 6.61 Å². The van der Waals surface area contributed by atoms with Crippen LogP contribution in [0.4, 0.5) is 0 Å². The fourth-order valence-electron chi connectivity index (χ4n) is 3.20. The van der Waals surface area contributed by atoms with E-state index in [0.29, 0.717) is 28.0 Å². The van der Waals surface area contributed by atoms with E-state index in [9.17, 15) is 20.1 Å². The molecule has 1 aromatic carbocycles. The van der Waals surface area contributed by atoms with Gasteiger partial charge in [-0.2, -0.15) is 0 Å². The maximum atomic E-state index is 11.6. The maximum absolute atomic E-state index is 11.6. The van der Waals surface area contributed by atoms with E-state index in [1.54, 1.807) is 6.07 Å². The summed E-state index contributed by atoms with van der Waals surface area (Å²) < 4.78 is 5.54. The van der Waals surface area contributed by atoms with Gasteiger partial charge in [-0.05, 0) is 35.4 Å². The fraction of sp³-hybridized carbons (Fsp3) is 0.188. The second kappa shape index (κ2) is 3.77. The molecule has 0 saturated heterocycles. The van der Waals surface area contributed by atoms with Gasteiger partial charge in [0.25, 0.3) is 0 Å². The highest BCUT2D eigenvalue weighted by atomic mass is 16.5. The summed E-state index contributed by atoms with van der Waals surface area (Å²) in [7, 11) is 0. The van der Waals surface area contributed by atoms with Gasteiger partial charge in [0, 0.05) is 23.6 Å². The summed E-state index contributed by atoms with van der Waals surface area (Å²) in [5.74, 6) is -0.232. The van der Waals surface area contributed by atoms with Gasteiger partial charge in [-0.1, -0.05) is 0 Å². The van der Waals surface area contributed by atoms with Gasteiger partial charge >= 0.3 is 0 Å². The molecule has 0 spiro atoms. The Bertz CT molecular complexity index is 784. The van der Waals surface area contributed by atoms with Crippen LogP contribution < -0.4 is 4.74 Å². The van der Waals surface area contributed by atoms with Crippen LogP contribution in [0.3, 0.4) is 0 Å². The van der Waals surface area contributed by atoms with Gasteiger partial charge in [0.1, 0.15) is 23.7 Å². The number of hydrogen-bond donors (Lipinski definition) is 3. The lowest BCUT2D eigenvalue weighted by Gasteiger charge is -2.32. The number of carbonyl (C=O) groups is 1. The zero-order chi connectivity index (χ0) is 14.8. The molecule has 5 heteroatoms. The van der Waals surface area contributed by atoms with Crippen LogP contribution in [0.25, 0.3) is 5.57 Å². The van der Waals surface area contributed by atoms with Crippen LogP contribution >= 0.6 is 0 Å². The number of carbonyl (C=O) groups excluding carboxylic acids is 1. The van der Waals surface area contributed by atoms with Gasteiger partial charge in [0.2, 0.25) is 5.78 Å². The number of phenols is 1. The van der Waals surface area contributed by atoms with Crippen molar-refractivity contribution in [3.63, 3.8) is 0 Å². The monoisotopic (exact) mass is 284 g/mol. The van der Waals surface area contributed by atoms with E-state index in [0.717, 1.165) is 0 Å². The molecule has 1 heterocycles. The van der Waals surface area contributed by atoms with Crippen molar-refractivity contribution in [3.8, 4) is 11.5 Å². The first-order valence-electron chi connectivity index (χ1n) is 6.57. The first kappa shape index (κ1) is 12.2. The van der Waals surface area contributed by atoms with E-state index in [-0.39, 0.29) is 24.5 Å². The predicted molar refractivity (Wildman–Crippen MR) is 73.9 cm³/mol. The van der Waals surface area contributed by atoms with Crippen molar-refractivity contribution in [2.45, 2.75) is 12.0 Å². The molecule has 0 saturated carbocycles. The summed E-state index contributed by atoms with van der Waals surface area (Å²) in [4.78, 5) is 11.6. The maximum Gasteiger partial charge on any atom is 0.220 e. The van der Waals surface area contributed by atoms with Gasteiger partial charge in [0.15, 0.2) is 5.76 Å². The minimum atomic E-state index is -1.22. The van der Waals surface area contributed by atoms with Gasteiger partial charge in [-0.3, -0.25) is 4.79 Å². The standard InChI is InChI=1S/C16H12O5/c17-9-1-2-10-14(4-9)21-7-16(20)6-8-3-12(18)13(19)5-11(8)15(10)16/h1-5,17,19-20H,6-7H2/t16-/m1/s1. The lowest BCUT2D eigenvalue weighted by Crippen LogP contribution is -2.38. The number of benzene rings is 1. The van der Waals surface area contributed by atoms with Crippen LogP contribution in [0.1, 0.15) is 12.0 Å². The lowest BCUT2D eigenvalue weighted by atomic mass is 9.87. The van der Waals surface area contributed by atoms with E-state index < -0.39 is 11.4 Å². The lowest BCUT2D eigenvalue weighted by molar-refractivity contribution is -0.113. The van der Waals surface area contributed by atoms with E-state index >= 15 is 0 Å². The third kappa shape index (κ3) is 1.58. The molecule has 4 rings (SSSR count). The van der Waals surface area contributed by atoms with Crippen molar-refractivity contribution >= 4 is 11.4 Å². The van der Waals surface area contributed by atoms with Crippen LogP contribution in [0.5, 0.6) is 11.5 Å². The summed E-state index contributed by atoms with van der Waals surface area (Å²) in [6.07, 6.45) is 3.02. The second-order valence-corrected chi connectivity index (χ2v) is 5.53. The van der Waals surface area contributed by atoms with Crippen LogP contribution in [0.2, 0.25) is 0 Å². The summed E-state index contributed by atoms with van der Waals surface area (Å²) in [5.41, 5.74) is 1.43. The van der Waals surface area contributed by atoms with Crippen molar-refractivity contribution in [1.82, 2.24) is 0 Å². The quantitative estimate of drug-likeness (QED) is 0.674. The molecule has 21 heavy (non-hydrogen) atoms. The first-order chi connectivity index (χ1) is 9.98. The van der Waals surface area contributed by atoms with Crippen molar-refractivity contribution in [1.29, 1.82) is 0 Å². The van der Waals surface area contributed by atoms with Gasteiger partial charge in [-0.25, -0.2) is 0 Å². The largest absolute Gasteiger partial charge is 0.508 e. The number of aliphatic hydroxyl groups excluding tert-OH is 1. The van der Waals surface area contributed by atoms with Crippen molar-refractivity contribution < 1.29 is 24.9 Å². The van der Waals surface area contributed by atoms with E-state index in [1.807, 2.05) is 0 Å². The van der Waals surface area contributed by atoms with Crippen LogP contribution in [0.15, 0.2) is 47.3 Å². The fourth-order valence-corrected chi connectivity index (χ4v) is 3.20.